The molecule has 0 aliphatic rings. The van der Waals surface area contributed by atoms with Crippen LogP contribution in [0, 0.1) is 13.8 Å². The summed E-state index contributed by atoms with van der Waals surface area (Å²) in [4.78, 5) is 11.2. The molecule has 4 heteroatoms. The maximum Gasteiger partial charge on any atom is 0.258 e. The molecule has 0 aliphatic carbocycles. The molecule has 0 fully saturated rings. The van der Waals surface area contributed by atoms with E-state index in [2.05, 4.69) is 5.32 Å². The van der Waals surface area contributed by atoms with Gasteiger partial charge in [-0.3, -0.25) is 4.79 Å². The van der Waals surface area contributed by atoms with E-state index in [4.69, 9.17) is 9.84 Å². The Labute approximate surface area is 95.2 Å². The third kappa shape index (κ3) is 3.90. The molecular formula is C12H17NO3. The fourth-order valence-corrected chi connectivity index (χ4v) is 1.35. The maximum absolute atomic E-state index is 11.2. The second kappa shape index (κ2) is 6.12. The van der Waals surface area contributed by atoms with E-state index in [9.17, 15) is 4.79 Å². The molecule has 1 amide bonds. The first-order valence-electron chi connectivity index (χ1n) is 5.21. The van der Waals surface area contributed by atoms with Crippen molar-refractivity contribution in [1.29, 1.82) is 0 Å². The average Bonchev–Trinajstić information content (AvgIpc) is 2.25. The van der Waals surface area contributed by atoms with Crippen LogP contribution >= 0.6 is 0 Å². The zero-order valence-corrected chi connectivity index (χ0v) is 9.62. The molecular weight excluding hydrogens is 206 g/mol. The first-order chi connectivity index (χ1) is 7.63. The number of aryl methyl sites for hydroxylation is 2. The molecule has 1 aromatic carbocycles. The minimum absolute atomic E-state index is 0.0239. The quantitative estimate of drug-likeness (QED) is 0.776. The largest absolute Gasteiger partial charge is 0.484 e. The van der Waals surface area contributed by atoms with Crippen molar-refractivity contribution in [2.24, 2.45) is 0 Å². The number of hydrogen-bond donors (Lipinski definition) is 2. The molecule has 1 rings (SSSR count). The van der Waals surface area contributed by atoms with Crippen molar-refractivity contribution in [2.75, 3.05) is 19.8 Å². The Hall–Kier alpha value is -1.55. The highest BCUT2D eigenvalue weighted by molar-refractivity contribution is 5.77. The van der Waals surface area contributed by atoms with Crippen LogP contribution in [-0.4, -0.2) is 30.8 Å². The number of carbonyl (C=O) groups is 1. The van der Waals surface area contributed by atoms with Gasteiger partial charge in [-0.05, 0) is 25.5 Å². The van der Waals surface area contributed by atoms with Gasteiger partial charge in [0.2, 0.25) is 0 Å². The van der Waals surface area contributed by atoms with Crippen LogP contribution in [0.5, 0.6) is 5.75 Å². The molecule has 88 valence electrons. The lowest BCUT2D eigenvalue weighted by Crippen LogP contribution is -2.31. The number of rotatable bonds is 5. The summed E-state index contributed by atoms with van der Waals surface area (Å²) in [6.45, 7) is 4.12. The van der Waals surface area contributed by atoms with Crippen molar-refractivity contribution in [3.8, 4) is 5.75 Å². The Balaban J connectivity index is 2.45. The molecule has 0 atom stereocenters. The number of carbonyl (C=O) groups excluding carboxylic acids is 1. The Morgan fingerprint density at radius 3 is 2.81 bits per heavy atom. The lowest BCUT2D eigenvalue weighted by atomic mass is 10.1. The normalized spacial score (nSPS) is 9.94. The van der Waals surface area contributed by atoms with Crippen molar-refractivity contribution < 1.29 is 14.6 Å². The molecule has 0 saturated carbocycles. The van der Waals surface area contributed by atoms with Gasteiger partial charge in [-0.1, -0.05) is 17.7 Å². The van der Waals surface area contributed by atoms with Crippen LogP contribution in [0.4, 0.5) is 0 Å². The van der Waals surface area contributed by atoms with Crippen LogP contribution in [0.1, 0.15) is 11.1 Å². The lowest BCUT2D eigenvalue weighted by Gasteiger charge is -2.09. The molecule has 16 heavy (non-hydrogen) atoms. The van der Waals surface area contributed by atoms with Gasteiger partial charge in [-0.15, -0.1) is 0 Å². The van der Waals surface area contributed by atoms with Gasteiger partial charge < -0.3 is 15.2 Å². The average molecular weight is 223 g/mol. The maximum atomic E-state index is 11.2. The van der Waals surface area contributed by atoms with Gasteiger partial charge in [-0.25, -0.2) is 0 Å². The van der Waals surface area contributed by atoms with Crippen LogP contribution in [0.15, 0.2) is 18.2 Å². The highest BCUT2D eigenvalue weighted by atomic mass is 16.5. The summed E-state index contributed by atoms with van der Waals surface area (Å²) in [5.74, 6) is 0.485. The summed E-state index contributed by atoms with van der Waals surface area (Å²) in [6.07, 6.45) is 0. The van der Waals surface area contributed by atoms with Gasteiger partial charge in [-0.2, -0.15) is 0 Å². The van der Waals surface area contributed by atoms with E-state index < -0.39 is 0 Å². The number of aliphatic hydroxyl groups is 1. The summed E-state index contributed by atoms with van der Waals surface area (Å²) < 4.78 is 5.36. The smallest absolute Gasteiger partial charge is 0.258 e. The highest BCUT2D eigenvalue weighted by Crippen LogP contribution is 2.18. The van der Waals surface area contributed by atoms with Crippen molar-refractivity contribution in [3.05, 3.63) is 29.3 Å². The standard InChI is InChI=1S/C12H17NO3/c1-9-3-4-11(10(2)7-9)16-8-12(15)13-5-6-14/h3-4,7,14H,5-6,8H2,1-2H3,(H,13,15). The van der Waals surface area contributed by atoms with Gasteiger partial charge in [0.15, 0.2) is 6.61 Å². The fraction of sp³-hybridized carbons (Fsp3) is 0.417. The van der Waals surface area contributed by atoms with E-state index in [-0.39, 0.29) is 25.7 Å². The summed E-state index contributed by atoms with van der Waals surface area (Å²) in [5, 5.41) is 11.0. The minimum atomic E-state index is -0.228. The van der Waals surface area contributed by atoms with Crippen molar-refractivity contribution in [1.82, 2.24) is 5.32 Å². The van der Waals surface area contributed by atoms with Gasteiger partial charge in [0.05, 0.1) is 6.61 Å². The topological polar surface area (TPSA) is 58.6 Å². The monoisotopic (exact) mass is 223 g/mol. The van der Waals surface area contributed by atoms with E-state index in [1.165, 1.54) is 0 Å². The van der Waals surface area contributed by atoms with E-state index in [0.717, 1.165) is 11.1 Å². The third-order valence-electron chi connectivity index (χ3n) is 2.12. The molecule has 2 N–H and O–H groups in total. The molecule has 0 saturated heterocycles. The van der Waals surface area contributed by atoms with Gasteiger partial charge in [0.25, 0.3) is 5.91 Å². The third-order valence-corrected chi connectivity index (χ3v) is 2.12. The zero-order chi connectivity index (χ0) is 12.0. The van der Waals surface area contributed by atoms with Gasteiger partial charge in [0.1, 0.15) is 5.75 Å². The van der Waals surface area contributed by atoms with Crippen molar-refractivity contribution in [2.45, 2.75) is 13.8 Å². The second-order valence-electron chi connectivity index (χ2n) is 3.63. The Bertz CT molecular complexity index is 363. The van der Waals surface area contributed by atoms with Crippen molar-refractivity contribution >= 4 is 5.91 Å². The predicted molar refractivity (Wildman–Crippen MR) is 61.5 cm³/mol. The van der Waals surface area contributed by atoms with Crippen LogP contribution in [0.2, 0.25) is 0 Å². The first-order valence-corrected chi connectivity index (χ1v) is 5.21. The zero-order valence-electron chi connectivity index (χ0n) is 9.62. The summed E-state index contributed by atoms with van der Waals surface area (Å²) >= 11 is 0. The second-order valence-corrected chi connectivity index (χ2v) is 3.63. The fourth-order valence-electron chi connectivity index (χ4n) is 1.35. The SMILES string of the molecule is Cc1ccc(OCC(=O)NCCO)c(C)c1. The van der Waals surface area contributed by atoms with E-state index in [1.54, 1.807) is 0 Å². The molecule has 4 nitrogen and oxygen atoms in total. The molecule has 1 aromatic rings. The lowest BCUT2D eigenvalue weighted by molar-refractivity contribution is -0.123. The van der Waals surface area contributed by atoms with Crippen LogP contribution in [-0.2, 0) is 4.79 Å². The van der Waals surface area contributed by atoms with E-state index in [0.29, 0.717) is 5.75 Å². The summed E-state index contributed by atoms with van der Waals surface area (Å²) in [6, 6.07) is 5.79. The van der Waals surface area contributed by atoms with Crippen LogP contribution in [0.3, 0.4) is 0 Å². The molecule has 0 radical (unpaired) electrons. The van der Waals surface area contributed by atoms with Gasteiger partial charge >= 0.3 is 0 Å². The van der Waals surface area contributed by atoms with E-state index >= 15 is 0 Å². The number of aliphatic hydroxyl groups excluding tert-OH is 1. The number of amides is 1. The number of nitrogens with one attached hydrogen (secondary N) is 1. The molecule has 0 aromatic heterocycles. The number of benzene rings is 1. The van der Waals surface area contributed by atoms with Crippen LogP contribution < -0.4 is 10.1 Å². The molecule has 0 bridgehead atoms. The predicted octanol–water partition coefficient (Wildman–Crippen LogP) is 0.791. The number of hydrogen-bond acceptors (Lipinski definition) is 3. The summed E-state index contributed by atoms with van der Waals surface area (Å²) in [7, 11) is 0. The first kappa shape index (κ1) is 12.5. The minimum Gasteiger partial charge on any atom is -0.484 e. The summed E-state index contributed by atoms with van der Waals surface area (Å²) in [5.41, 5.74) is 2.17. The van der Waals surface area contributed by atoms with Gasteiger partial charge in [0, 0.05) is 6.54 Å². The number of ether oxygens (including phenoxy) is 1. The van der Waals surface area contributed by atoms with Crippen molar-refractivity contribution in [3.63, 3.8) is 0 Å². The molecule has 0 heterocycles. The Morgan fingerprint density at radius 1 is 1.44 bits per heavy atom. The molecule has 0 aliphatic heterocycles. The Morgan fingerprint density at radius 2 is 2.19 bits per heavy atom. The highest BCUT2D eigenvalue weighted by Gasteiger charge is 2.03. The molecule has 0 spiro atoms. The Kier molecular flexibility index (Phi) is 4.79. The van der Waals surface area contributed by atoms with E-state index in [1.807, 2.05) is 32.0 Å². The van der Waals surface area contributed by atoms with Crippen LogP contribution in [0.25, 0.3) is 0 Å². The molecule has 0 unspecified atom stereocenters.